The number of hydrogen-bond acceptors (Lipinski definition) is 13. The molecule has 2 heterocycles. The average Bonchev–Trinajstić information content (AvgIpc) is 3.78. The normalized spacial score (nSPS) is 15.8. The van der Waals surface area contributed by atoms with Crippen LogP contribution in [-0.4, -0.2) is 123 Å². The highest BCUT2D eigenvalue weighted by Gasteiger charge is 2.36. The number of ether oxygens (including phenoxy) is 7. The molecule has 2 atom stereocenters. The van der Waals surface area contributed by atoms with Crippen molar-refractivity contribution < 1.29 is 67.0 Å². The van der Waals surface area contributed by atoms with Crippen molar-refractivity contribution >= 4 is 47.3 Å². The van der Waals surface area contributed by atoms with E-state index in [4.69, 9.17) is 33.2 Å². The van der Waals surface area contributed by atoms with Crippen molar-refractivity contribution in [3.8, 4) is 23.0 Å². The Kier molecular flexibility index (Phi) is 16.8. The van der Waals surface area contributed by atoms with Crippen LogP contribution in [0.3, 0.4) is 0 Å². The molecule has 2 aliphatic heterocycles. The molecule has 18 heteroatoms. The predicted molar refractivity (Wildman–Crippen MR) is 218 cm³/mol. The highest BCUT2D eigenvalue weighted by atomic mass is 16.6. The molecule has 0 aliphatic carbocycles. The Hall–Kier alpha value is -6.72. The second-order valence-electron chi connectivity index (χ2n) is 14.0. The van der Waals surface area contributed by atoms with Gasteiger partial charge in [0.1, 0.15) is 19.8 Å². The van der Waals surface area contributed by atoms with Gasteiger partial charge in [-0.15, -0.1) is 0 Å². The Bertz CT molecular complexity index is 1980. The Morgan fingerprint density at radius 2 is 1.15 bits per heavy atom. The number of unbranched alkanes of at least 4 members (excludes halogenated alkanes) is 2. The van der Waals surface area contributed by atoms with Crippen LogP contribution in [0.1, 0.15) is 66.7 Å². The van der Waals surface area contributed by atoms with Crippen molar-refractivity contribution in [1.29, 1.82) is 0 Å². The van der Waals surface area contributed by atoms with E-state index in [1.807, 2.05) is 0 Å². The summed E-state index contributed by atoms with van der Waals surface area (Å²) in [4.78, 5) is 78.0. The van der Waals surface area contributed by atoms with E-state index in [1.165, 1.54) is 68.2 Å². The lowest BCUT2D eigenvalue weighted by atomic mass is 10.1. The van der Waals surface area contributed by atoms with Crippen molar-refractivity contribution in [2.75, 3.05) is 71.0 Å². The number of benzene rings is 2. The van der Waals surface area contributed by atoms with Crippen LogP contribution in [0, 0.1) is 0 Å². The molecule has 4 amide bonds. The second kappa shape index (κ2) is 21.9. The number of amides is 4. The molecule has 324 valence electrons. The number of carbonyl (C=O) groups excluding carboxylic acids is 5. The molecule has 2 aliphatic rings. The van der Waals surface area contributed by atoms with E-state index < -0.39 is 48.0 Å². The van der Waals surface area contributed by atoms with Gasteiger partial charge in [-0.2, -0.15) is 0 Å². The summed E-state index contributed by atoms with van der Waals surface area (Å²) in [7, 11) is 2.81. The van der Waals surface area contributed by atoms with E-state index in [9.17, 15) is 33.9 Å². The second-order valence-corrected chi connectivity index (χ2v) is 14.0. The fourth-order valence-electron chi connectivity index (χ4n) is 6.63. The molecule has 0 saturated carbocycles. The Labute approximate surface area is 348 Å². The zero-order chi connectivity index (χ0) is 43.9. The number of likely N-dealkylation sites (tertiary alicyclic amines) is 2. The van der Waals surface area contributed by atoms with Crippen molar-refractivity contribution in [2.24, 2.45) is 0 Å². The van der Waals surface area contributed by atoms with Crippen molar-refractivity contribution in [2.45, 2.75) is 58.0 Å². The summed E-state index contributed by atoms with van der Waals surface area (Å²) in [6, 6.07) is 4.79. The molecule has 3 N–H and O–H groups in total. The lowest BCUT2D eigenvalue weighted by Gasteiger charge is -2.25. The third kappa shape index (κ3) is 12.6. The van der Waals surface area contributed by atoms with Crippen LogP contribution in [0.5, 0.6) is 23.0 Å². The number of nitrogens with one attached hydrogen (secondary N) is 2. The number of carbonyl (C=O) groups is 6. The van der Waals surface area contributed by atoms with Gasteiger partial charge in [0.05, 0.1) is 62.0 Å². The molecule has 0 radical (unpaired) electrons. The molecule has 2 aromatic rings. The quantitative estimate of drug-likeness (QED) is 0.0620. The summed E-state index contributed by atoms with van der Waals surface area (Å²) in [5, 5.41) is 14.4. The molecule has 0 aromatic heterocycles. The van der Waals surface area contributed by atoms with Crippen LogP contribution in [0.25, 0.3) is 0 Å². The van der Waals surface area contributed by atoms with Gasteiger partial charge in [0.2, 0.25) is 0 Å². The minimum atomic E-state index is -1.39. The number of methoxy groups -OCH3 is 2. The van der Waals surface area contributed by atoms with Gasteiger partial charge in [-0.1, -0.05) is 37.0 Å². The van der Waals surface area contributed by atoms with E-state index in [0.717, 1.165) is 11.1 Å². The van der Waals surface area contributed by atoms with E-state index in [2.05, 4.69) is 30.4 Å². The van der Waals surface area contributed by atoms with Gasteiger partial charge >= 0.3 is 24.1 Å². The Morgan fingerprint density at radius 3 is 1.55 bits per heavy atom. The van der Waals surface area contributed by atoms with Crippen LogP contribution < -0.4 is 29.6 Å². The van der Waals surface area contributed by atoms with Gasteiger partial charge in [0.25, 0.3) is 11.8 Å². The fraction of sp³-hybridized carbons (Fsp3) is 0.429. The number of hydrogen-bond donors (Lipinski definition) is 3. The Morgan fingerprint density at radius 1 is 0.700 bits per heavy atom. The van der Waals surface area contributed by atoms with Gasteiger partial charge in [-0.05, 0) is 44.2 Å². The molecular weight excluding hydrogens is 784 g/mol. The molecule has 4 rings (SSSR count). The third-order valence-corrected chi connectivity index (χ3v) is 9.38. The zero-order valence-electron chi connectivity index (χ0n) is 34.3. The molecule has 60 heavy (non-hydrogen) atoms. The van der Waals surface area contributed by atoms with E-state index in [1.54, 1.807) is 0 Å². The lowest BCUT2D eigenvalue weighted by molar-refractivity contribution is -0.143. The molecule has 18 nitrogen and oxygen atoms in total. The third-order valence-electron chi connectivity index (χ3n) is 9.38. The number of carboxylic acid groups (broad SMARTS) is 1. The topological polar surface area (TPSA) is 218 Å². The average molecular weight is 837 g/mol. The monoisotopic (exact) mass is 836 g/mol. The van der Waals surface area contributed by atoms with E-state index in [-0.39, 0.29) is 91.6 Å². The van der Waals surface area contributed by atoms with Crippen LogP contribution >= 0.6 is 0 Å². The maximum Gasteiger partial charge on any atom is 0.411 e. The standard InChI is InChI=1S/C42H52N4O14/c1-8-12-58-42(53)44-34-20-38(36(55-7)18-32(34)40(50)46-22-26(3)16-30(46)24-60-28(5)48)57-14-11-9-10-13-56-37-19-33(43-41(51)52)31(17-35(37)54-6)39(49)45-21-25(2)15-29(45)23-59-27(4)47/h8,17-20,29-30,43H,1-3,9-16,21-24H2,4-7H3,(H,44,53)(H,51,52)/t29-,30-/m1/s1. The van der Waals surface area contributed by atoms with Crippen LogP contribution in [-0.2, 0) is 23.8 Å². The molecule has 2 fully saturated rings. The lowest BCUT2D eigenvalue weighted by Crippen LogP contribution is -2.39. The molecule has 2 saturated heterocycles. The number of nitrogens with zero attached hydrogens (tertiary/aromatic N) is 2. The maximum atomic E-state index is 13.9. The molecule has 0 unspecified atom stereocenters. The number of esters is 2. The van der Waals surface area contributed by atoms with Crippen LogP contribution in [0.4, 0.5) is 21.0 Å². The summed E-state index contributed by atoms with van der Waals surface area (Å²) < 4.78 is 38.5. The predicted octanol–water partition coefficient (Wildman–Crippen LogP) is 5.82. The molecule has 0 spiro atoms. The van der Waals surface area contributed by atoms with Gasteiger partial charge < -0.3 is 48.1 Å². The highest BCUT2D eigenvalue weighted by molar-refractivity contribution is 6.05. The largest absolute Gasteiger partial charge is 0.493 e. The first kappa shape index (κ1) is 46.0. The number of rotatable bonds is 20. The van der Waals surface area contributed by atoms with Crippen LogP contribution in [0.2, 0.25) is 0 Å². The molecular formula is C42H52N4O14. The van der Waals surface area contributed by atoms with Crippen LogP contribution in [0.15, 0.2) is 61.2 Å². The first-order valence-corrected chi connectivity index (χ1v) is 19.1. The summed E-state index contributed by atoms with van der Waals surface area (Å²) >= 11 is 0. The molecule has 0 bridgehead atoms. The van der Waals surface area contributed by atoms with Gasteiger partial charge in [-0.3, -0.25) is 29.8 Å². The van der Waals surface area contributed by atoms with Gasteiger partial charge in [0.15, 0.2) is 23.0 Å². The Balaban J connectivity index is 1.42. The fourth-order valence-corrected chi connectivity index (χ4v) is 6.63. The van der Waals surface area contributed by atoms with E-state index >= 15 is 0 Å². The summed E-state index contributed by atoms with van der Waals surface area (Å²) in [5.41, 5.74) is 1.74. The van der Waals surface area contributed by atoms with Crippen molar-refractivity contribution in [3.05, 3.63) is 72.4 Å². The van der Waals surface area contributed by atoms with Gasteiger partial charge in [-0.25, -0.2) is 9.59 Å². The van der Waals surface area contributed by atoms with Gasteiger partial charge in [0, 0.05) is 39.1 Å². The summed E-state index contributed by atoms with van der Waals surface area (Å²) in [6.07, 6.45) is 1.77. The maximum absolute atomic E-state index is 13.9. The molecule has 2 aromatic carbocycles. The first-order valence-electron chi connectivity index (χ1n) is 19.1. The summed E-state index contributed by atoms with van der Waals surface area (Å²) in [5.74, 6) is -1.04. The first-order chi connectivity index (χ1) is 28.6. The zero-order valence-corrected chi connectivity index (χ0v) is 34.3. The highest BCUT2D eigenvalue weighted by Crippen LogP contribution is 2.38. The van der Waals surface area contributed by atoms with E-state index in [0.29, 0.717) is 32.1 Å². The SMILES string of the molecule is C=CCOC(=O)Nc1cc(OCCCCCOc2cc(NC(=O)O)c(C(=O)N3CC(=C)C[C@@H]3COC(C)=O)cc2OC)c(OC)cc1C(=O)N1CC(=C)C[C@@H]1COC(C)=O. The minimum absolute atomic E-state index is 0.0161. The smallest absolute Gasteiger partial charge is 0.411 e. The minimum Gasteiger partial charge on any atom is -0.493 e. The number of anilines is 2. The van der Waals surface area contributed by atoms with Crippen molar-refractivity contribution in [3.63, 3.8) is 0 Å². The summed E-state index contributed by atoms with van der Waals surface area (Å²) in [6.45, 7) is 14.8. The van der Waals surface area contributed by atoms with Crippen molar-refractivity contribution in [1.82, 2.24) is 9.80 Å².